The minimum Gasteiger partial charge on any atom is -0.399 e. The van der Waals surface area contributed by atoms with Gasteiger partial charge in [0.05, 0.1) is 11.1 Å². The standard InChI is InChI=1S/C15H20ClN5/c1-9-5-10(2)7-12(6-9)21-15(18-19-20-21)13-4-3-11(17)8-14(13)16/h3-4,8-10,12H,5-7,17H2,1-2H3. The van der Waals surface area contributed by atoms with E-state index in [9.17, 15) is 0 Å². The minimum atomic E-state index is 0.336. The van der Waals surface area contributed by atoms with Crippen LogP contribution in [-0.2, 0) is 0 Å². The summed E-state index contributed by atoms with van der Waals surface area (Å²) < 4.78 is 1.93. The van der Waals surface area contributed by atoms with Crippen molar-refractivity contribution in [3.8, 4) is 11.4 Å². The lowest BCUT2D eigenvalue weighted by Gasteiger charge is -2.31. The number of hydrogen-bond acceptors (Lipinski definition) is 4. The molecule has 2 unspecified atom stereocenters. The lowest BCUT2D eigenvalue weighted by Crippen LogP contribution is -2.24. The molecule has 2 atom stereocenters. The highest BCUT2D eigenvalue weighted by atomic mass is 35.5. The van der Waals surface area contributed by atoms with Crippen molar-refractivity contribution in [3.63, 3.8) is 0 Å². The first kappa shape index (κ1) is 14.3. The summed E-state index contributed by atoms with van der Waals surface area (Å²) in [7, 11) is 0. The van der Waals surface area contributed by atoms with Crippen molar-refractivity contribution in [2.24, 2.45) is 11.8 Å². The van der Waals surface area contributed by atoms with Crippen LogP contribution in [0.3, 0.4) is 0 Å². The van der Waals surface area contributed by atoms with E-state index in [2.05, 4.69) is 29.4 Å². The molecule has 1 saturated carbocycles. The number of anilines is 1. The van der Waals surface area contributed by atoms with E-state index in [1.807, 2.05) is 16.8 Å². The second-order valence-corrected chi connectivity index (χ2v) is 6.66. The van der Waals surface area contributed by atoms with Crippen molar-refractivity contribution < 1.29 is 0 Å². The molecule has 1 fully saturated rings. The minimum absolute atomic E-state index is 0.336. The van der Waals surface area contributed by atoms with Gasteiger partial charge < -0.3 is 5.73 Å². The largest absolute Gasteiger partial charge is 0.399 e. The number of tetrazole rings is 1. The van der Waals surface area contributed by atoms with Crippen LogP contribution >= 0.6 is 11.6 Å². The van der Waals surface area contributed by atoms with Crippen molar-refractivity contribution in [2.45, 2.75) is 39.2 Å². The molecule has 6 heteroatoms. The predicted molar refractivity (Wildman–Crippen MR) is 83.9 cm³/mol. The molecule has 0 radical (unpaired) electrons. The lowest BCUT2D eigenvalue weighted by molar-refractivity contribution is 0.209. The van der Waals surface area contributed by atoms with Gasteiger partial charge in [-0.2, -0.15) is 0 Å². The monoisotopic (exact) mass is 305 g/mol. The van der Waals surface area contributed by atoms with Crippen LogP contribution in [-0.4, -0.2) is 20.2 Å². The van der Waals surface area contributed by atoms with Crippen molar-refractivity contribution in [3.05, 3.63) is 23.2 Å². The Morgan fingerprint density at radius 3 is 2.57 bits per heavy atom. The summed E-state index contributed by atoms with van der Waals surface area (Å²) in [5.41, 5.74) is 7.23. The summed E-state index contributed by atoms with van der Waals surface area (Å²) >= 11 is 6.30. The maximum atomic E-state index is 6.30. The third kappa shape index (κ3) is 2.88. The Bertz CT molecular complexity index is 629. The first-order valence-corrected chi connectivity index (χ1v) is 7.75. The van der Waals surface area contributed by atoms with Gasteiger partial charge in [0.15, 0.2) is 5.82 Å². The van der Waals surface area contributed by atoms with Gasteiger partial charge in [-0.15, -0.1) is 5.10 Å². The molecular formula is C15H20ClN5. The second-order valence-electron chi connectivity index (χ2n) is 6.26. The molecule has 2 N–H and O–H groups in total. The van der Waals surface area contributed by atoms with Gasteiger partial charge >= 0.3 is 0 Å². The summed E-state index contributed by atoms with van der Waals surface area (Å²) in [5.74, 6) is 2.11. The summed E-state index contributed by atoms with van der Waals surface area (Å²) in [4.78, 5) is 0. The quantitative estimate of drug-likeness (QED) is 0.861. The van der Waals surface area contributed by atoms with Crippen LogP contribution in [0.5, 0.6) is 0 Å². The highest BCUT2D eigenvalue weighted by Crippen LogP contribution is 2.38. The zero-order valence-electron chi connectivity index (χ0n) is 12.3. The third-order valence-corrected chi connectivity index (χ3v) is 4.54. The van der Waals surface area contributed by atoms with E-state index >= 15 is 0 Å². The van der Waals surface area contributed by atoms with Crippen molar-refractivity contribution in [1.29, 1.82) is 0 Å². The molecule has 5 nitrogen and oxygen atoms in total. The molecule has 0 aliphatic heterocycles. The zero-order chi connectivity index (χ0) is 15.0. The molecule has 1 heterocycles. The van der Waals surface area contributed by atoms with E-state index < -0.39 is 0 Å². The van der Waals surface area contributed by atoms with Crippen LogP contribution < -0.4 is 5.73 Å². The number of nitrogens with two attached hydrogens (primary N) is 1. The molecule has 1 aliphatic rings. The Hall–Kier alpha value is -1.62. The summed E-state index contributed by atoms with van der Waals surface area (Å²) in [6.07, 6.45) is 3.49. The molecular weight excluding hydrogens is 286 g/mol. The summed E-state index contributed by atoms with van der Waals surface area (Å²) in [6.45, 7) is 4.59. The maximum Gasteiger partial charge on any atom is 0.183 e. The Balaban J connectivity index is 1.97. The Morgan fingerprint density at radius 2 is 1.90 bits per heavy atom. The number of nitrogen functional groups attached to an aromatic ring is 1. The van der Waals surface area contributed by atoms with Crippen LogP contribution in [0.2, 0.25) is 5.02 Å². The number of rotatable bonds is 2. The zero-order valence-corrected chi connectivity index (χ0v) is 13.1. The highest BCUT2D eigenvalue weighted by Gasteiger charge is 2.28. The number of halogens is 1. The van der Waals surface area contributed by atoms with E-state index in [4.69, 9.17) is 17.3 Å². The lowest BCUT2D eigenvalue weighted by atomic mass is 9.80. The molecule has 112 valence electrons. The van der Waals surface area contributed by atoms with Gasteiger partial charge in [-0.1, -0.05) is 25.4 Å². The fourth-order valence-corrected chi connectivity index (χ4v) is 3.71. The maximum absolute atomic E-state index is 6.30. The van der Waals surface area contributed by atoms with Gasteiger partial charge in [0.2, 0.25) is 0 Å². The van der Waals surface area contributed by atoms with Gasteiger partial charge in [-0.25, -0.2) is 4.68 Å². The predicted octanol–water partition coefficient (Wildman–Crippen LogP) is 3.57. The Labute approximate surface area is 129 Å². The van der Waals surface area contributed by atoms with E-state index in [1.165, 1.54) is 6.42 Å². The van der Waals surface area contributed by atoms with Crippen molar-refractivity contribution in [1.82, 2.24) is 20.2 Å². The van der Waals surface area contributed by atoms with Crippen LogP contribution in [0.25, 0.3) is 11.4 Å². The fraction of sp³-hybridized carbons (Fsp3) is 0.533. The molecule has 1 aliphatic carbocycles. The summed E-state index contributed by atoms with van der Waals surface area (Å²) in [5, 5.41) is 12.8. The first-order valence-electron chi connectivity index (χ1n) is 7.38. The molecule has 3 rings (SSSR count). The van der Waals surface area contributed by atoms with Gasteiger partial charge in [-0.05, 0) is 59.7 Å². The normalized spacial score (nSPS) is 26.0. The Kier molecular flexibility index (Phi) is 3.85. The van der Waals surface area contributed by atoms with Crippen LogP contribution in [0.15, 0.2) is 18.2 Å². The van der Waals surface area contributed by atoms with E-state index in [-0.39, 0.29) is 0 Å². The van der Waals surface area contributed by atoms with E-state index in [1.54, 1.807) is 6.07 Å². The smallest absolute Gasteiger partial charge is 0.183 e. The number of aromatic nitrogens is 4. The SMILES string of the molecule is CC1CC(C)CC(n2nnnc2-c2ccc(N)cc2Cl)C1. The van der Waals surface area contributed by atoms with Gasteiger partial charge in [0.1, 0.15) is 0 Å². The average molecular weight is 306 g/mol. The highest BCUT2D eigenvalue weighted by molar-refractivity contribution is 6.33. The van der Waals surface area contributed by atoms with E-state index in [0.29, 0.717) is 28.6 Å². The number of hydrogen-bond donors (Lipinski definition) is 1. The molecule has 2 aromatic rings. The fourth-order valence-electron chi connectivity index (χ4n) is 3.43. The van der Waals surface area contributed by atoms with Crippen LogP contribution in [0.4, 0.5) is 5.69 Å². The van der Waals surface area contributed by atoms with E-state index in [0.717, 1.165) is 24.2 Å². The molecule has 1 aromatic heterocycles. The van der Waals surface area contributed by atoms with Crippen molar-refractivity contribution in [2.75, 3.05) is 5.73 Å². The Morgan fingerprint density at radius 1 is 1.19 bits per heavy atom. The number of benzene rings is 1. The topological polar surface area (TPSA) is 69.6 Å². The molecule has 0 amide bonds. The molecule has 0 bridgehead atoms. The average Bonchev–Trinajstić information content (AvgIpc) is 2.86. The summed E-state index contributed by atoms with van der Waals surface area (Å²) in [6, 6.07) is 5.78. The molecule has 1 aromatic carbocycles. The molecule has 0 saturated heterocycles. The first-order chi connectivity index (χ1) is 10.0. The van der Waals surface area contributed by atoms with Gasteiger partial charge in [-0.3, -0.25) is 0 Å². The third-order valence-electron chi connectivity index (χ3n) is 4.23. The van der Waals surface area contributed by atoms with Crippen molar-refractivity contribution >= 4 is 17.3 Å². The van der Waals surface area contributed by atoms with Crippen LogP contribution in [0, 0.1) is 11.8 Å². The number of nitrogens with zero attached hydrogens (tertiary/aromatic N) is 4. The second kappa shape index (κ2) is 5.64. The van der Waals surface area contributed by atoms with Gasteiger partial charge in [0, 0.05) is 11.3 Å². The molecule has 0 spiro atoms. The molecule has 21 heavy (non-hydrogen) atoms. The van der Waals surface area contributed by atoms with Gasteiger partial charge in [0.25, 0.3) is 0 Å². The van der Waals surface area contributed by atoms with Crippen LogP contribution in [0.1, 0.15) is 39.2 Å².